The average Bonchev–Trinajstić information content (AvgIpc) is 1.98. The van der Waals surface area contributed by atoms with Crippen LogP contribution in [0.4, 0.5) is 0 Å². The molecule has 80 valence electrons. The third-order valence-corrected chi connectivity index (χ3v) is 2.00. The van der Waals surface area contributed by atoms with Crippen LogP contribution in [-0.2, 0) is 0 Å². The highest BCUT2D eigenvalue weighted by molar-refractivity contribution is 4.78. The van der Waals surface area contributed by atoms with Gasteiger partial charge in [-0.2, -0.15) is 0 Å². The van der Waals surface area contributed by atoms with Gasteiger partial charge < -0.3 is 15.5 Å². The molecular weight excluding hydrogens is 162 g/mol. The Morgan fingerprint density at radius 1 is 1.23 bits per heavy atom. The zero-order chi connectivity index (χ0) is 10.3. The van der Waals surface area contributed by atoms with Crippen molar-refractivity contribution in [3.05, 3.63) is 0 Å². The highest BCUT2D eigenvalue weighted by atomic mass is 15.1. The largest absolute Gasteiger partial charge is 0.318 e. The Morgan fingerprint density at radius 2 is 1.85 bits per heavy atom. The van der Waals surface area contributed by atoms with Gasteiger partial charge in [0.05, 0.1) is 0 Å². The smallest absolute Gasteiger partial charge is 0.0249 e. The fourth-order valence-corrected chi connectivity index (χ4v) is 1.33. The summed E-state index contributed by atoms with van der Waals surface area (Å²) >= 11 is 0. The van der Waals surface area contributed by atoms with Gasteiger partial charge in [0, 0.05) is 12.1 Å². The summed E-state index contributed by atoms with van der Waals surface area (Å²) in [6, 6.07) is 0. The van der Waals surface area contributed by atoms with Gasteiger partial charge in [-0.3, -0.25) is 0 Å². The normalized spacial score (nSPS) is 12.5. The fourth-order valence-electron chi connectivity index (χ4n) is 1.33. The SMILES string of the molecule is CNCC(C)(C)NCCCN(C)C. The summed E-state index contributed by atoms with van der Waals surface area (Å²) in [6.45, 7) is 7.70. The summed E-state index contributed by atoms with van der Waals surface area (Å²) in [4.78, 5) is 2.22. The first kappa shape index (κ1) is 12.9. The van der Waals surface area contributed by atoms with Gasteiger partial charge in [-0.05, 0) is 54.5 Å². The van der Waals surface area contributed by atoms with E-state index in [4.69, 9.17) is 0 Å². The van der Waals surface area contributed by atoms with Crippen LogP contribution in [-0.4, -0.2) is 51.2 Å². The van der Waals surface area contributed by atoms with Crippen molar-refractivity contribution in [2.75, 3.05) is 40.8 Å². The molecule has 2 N–H and O–H groups in total. The molecule has 0 radical (unpaired) electrons. The average molecular weight is 187 g/mol. The standard InChI is InChI=1S/C10H25N3/c1-10(2,9-11-3)12-7-6-8-13(4)5/h11-12H,6-9H2,1-5H3. The molecule has 0 aliphatic heterocycles. The minimum absolute atomic E-state index is 0.209. The number of nitrogens with one attached hydrogen (secondary N) is 2. The predicted octanol–water partition coefficient (Wildman–Crippen LogP) is 0.526. The van der Waals surface area contributed by atoms with E-state index in [9.17, 15) is 0 Å². The van der Waals surface area contributed by atoms with Gasteiger partial charge in [0.25, 0.3) is 0 Å². The number of likely N-dealkylation sites (N-methyl/N-ethyl adjacent to an activating group) is 1. The minimum Gasteiger partial charge on any atom is -0.318 e. The third kappa shape index (κ3) is 8.22. The lowest BCUT2D eigenvalue weighted by Crippen LogP contribution is -2.47. The van der Waals surface area contributed by atoms with E-state index < -0.39 is 0 Å². The first-order valence-electron chi connectivity index (χ1n) is 5.02. The molecule has 0 atom stereocenters. The fraction of sp³-hybridized carbons (Fsp3) is 1.00. The Bertz CT molecular complexity index is 121. The Morgan fingerprint density at radius 3 is 2.31 bits per heavy atom. The molecule has 0 amide bonds. The van der Waals surface area contributed by atoms with Crippen LogP contribution >= 0.6 is 0 Å². The molecule has 0 aromatic carbocycles. The van der Waals surface area contributed by atoms with Gasteiger partial charge in [0.2, 0.25) is 0 Å². The zero-order valence-electron chi connectivity index (χ0n) is 9.78. The second-order valence-electron chi connectivity index (χ2n) is 4.50. The van der Waals surface area contributed by atoms with Crippen molar-refractivity contribution >= 4 is 0 Å². The first-order chi connectivity index (χ1) is 5.98. The third-order valence-electron chi connectivity index (χ3n) is 2.00. The van der Waals surface area contributed by atoms with Crippen LogP contribution in [0.3, 0.4) is 0 Å². The van der Waals surface area contributed by atoms with Crippen molar-refractivity contribution in [1.29, 1.82) is 0 Å². The summed E-state index contributed by atoms with van der Waals surface area (Å²) in [5.74, 6) is 0. The lowest BCUT2D eigenvalue weighted by Gasteiger charge is -2.26. The summed E-state index contributed by atoms with van der Waals surface area (Å²) in [5, 5.41) is 6.71. The molecule has 0 rings (SSSR count). The maximum atomic E-state index is 3.53. The Hall–Kier alpha value is -0.120. The Labute approximate surface area is 82.9 Å². The first-order valence-corrected chi connectivity index (χ1v) is 5.02. The summed E-state index contributed by atoms with van der Waals surface area (Å²) < 4.78 is 0. The van der Waals surface area contributed by atoms with E-state index in [2.05, 4.69) is 43.5 Å². The quantitative estimate of drug-likeness (QED) is 0.569. The Balaban J connectivity index is 3.40. The molecule has 0 aliphatic carbocycles. The number of rotatable bonds is 7. The van der Waals surface area contributed by atoms with Crippen molar-refractivity contribution in [2.24, 2.45) is 0 Å². The molecule has 13 heavy (non-hydrogen) atoms. The highest BCUT2D eigenvalue weighted by Gasteiger charge is 2.14. The van der Waals surface area contributed by atoms with Gasteiger partial charge in [-0.15, -0.1) is 0 Å². The van der Waals surface area contributed by atoms with E-state index in [1.54, 1.807) is 0 Å². The minimum atomic E-state index is 0.209. The molecule has 3 nitrogen and oxygen atoms in total. The van der Waals surface area contributed by atoms with Crippen molar-refractivity contribution < 1.29 is 0 Å². The monoisotopic (exact) mass is 187 g/mol. The van der Waals surface area contributed by atoms with Crippen LogP contribution in [0.5, 0.6) is 0 Å². The van der Waals surface area contributed by atoms with Gasteiger partial charge in [-0.25, -0.2) is 0 Å². The molecular formula is C10H25N3. The summed E-state index contributed by atoms with van der Waals surface area (Å²) in [7, 11) is 6.21. The molecule has 0 fully saturated rings. The van der Waals surface area contributed by atoms with E-state index in [0.717, 1.165) is 19.6 Å². The lowest BCUT2D eigenvalue weighted by molar-refractivity contribution is 0.345. The molecule has 0 spiro atoms. The van der Waals surface area contributed by atoms with Crippen molar-refractivity contribution in [1.82, 2.24) is 15.5 Å². The van der Waals surface area contributed by atoms with Crippen LogP contribution in [0.15, 0.2) is 0 Å². The van der Waals surface area contributed by atoms with Crippen molar-refractivity contribution in [3.63, 3.8) is 0 Å². The molecule has 0 aromatic heterocycles. The second kappa shape index (κ2) is 6.35. The van der Waals surface area contributed by atoms with Crippen LogP contribution in [0.2, 0.25) is 0 Å². The zero-order valence-corrected chi connectivity index (χ0v) is 9.78. The van der Waals surface area contributed by atoms with Gasteiger partial charge >= 0.3 is 0 Å². The van der Waals surface area contributed by atoms with Crippen molar-refractivity contribution in [2.45, 2.75) is 25.8 Å². The highest BCUT2D eigenvalue weighted by Crippen LogP contribution is 1.99. The second-order valence-corrected chi connectivity index (χ2v) is 4.50. The van der Waals surface area contributed by atoms with Gasteiger partial charge in [-0.1, -0.05) is 0 Å². The van der Waals surface area contributed by atoms with Gasteiger partial charge in [0.1, 0.15) is 0 Å². The van der Waals surface area contributed by atoms with E-state index in [-0.39, 0.29) is 5.54 Å². The molecule has 0 saturated carbocycles. The maximum absolute atomic E-state index is 3.53. The molecule has 0 aromatic rings. The molecule has 0 unspecified atom stereocenters. The Kier molecular flexibility index (Phi) is 6.29. The number of nitrogens with zero attached hydrogens (tertiary/aromatic N) is 1. The lowest BCUT2D eigenvalue weighted by atomic mass is 10.1. The maximum Gasteiger partial charge on any atom is 0.0249 e. The van der Waals surface area contributed by atoms with E-state index in [1.165, 1.54) is 6.42 Å². The topological polar surface area (TPSA) is 27.3 Å². The molecule has 0 bridgehead atoms. The molecule has 3 heteroatoms. The van der Waals surface area contributed by atoms with E-state index in [1.807, 2.05) is 7.05 Å². The van der Waals surface area contributed by atoms with Crippen LogP contribution in [0.1, 0.15) is 20.3 Å². The van der Waals surface area contributed by atoms with Crippen molar-refractivity contribution in [3.8, 4) is 0 Å². The van der Waals surface area contributed by atoms with Gasteiger partial charge in [0.15, 0.2) is 0 Å². The summed E-state index contributed by atoms with van der Waals surface area (Å²) in [5.41, 5.74) is 0.209. The predicted molar refractivity (Wildman–Crippen MR) is 59.2 cm³/mol. The summed E-state index contributed by atoms with van der Waals surface area (Å²) in [6.07, 6.45) is 1.21. The molecule has 0 heterocycles. The van der Waals surface area contributed by atoms with Crippen LogP contribution in [0.25, 0.3) is 0 Å². The van der Waals surface area contributed by atoms with Crippen LogP contribution in [0, 0.1) is 0 Å². The van der Waals surface area contributed by atoms with Crippen LogP contribution < -0.4 is 10.6 Å². The van der Waals surface area contributed by atoms with E-state index in [0.29, 0.717) is 0 Å². The molecule has 0 aliphatic rings. The number of hydrogen-bond acceptors (Lipinski definition) is 3. The molecule has 0 saturated heterocycles. The van der Waals surface area contributed by atoms with E-state index >= 15 is 0 Å². The number of hydrogen-bond donors (Lipinski definition) is 2.